The van der Waals surface area contributed by atoms with E-state index in [0.29, 0.717) is 6.54 Å². The van der Waals surface area contributed by atoms with Gasteiger partial charge in [0.15, 0.2) is 0 Å². The normalized spacial score (nSPS) is 12.0. The fourth-order valence-electron chi connectivity index (χ4n) is 1.01. The monoisotopic (exact) mass is 232 g/mol. The molecule has 4 nitrogen and oxygen atoms in total. The van der Waals surface area contributed by atoms with Gasteiger partial charge in [0.05, 0.1) is 18.8 Å². The van der Waals surface area contributed by atoms with Crippen LogP contribution >= 0.6 is 12.4 Å². The van der Waals surface area contributed by atoms with Crippen molar-refractivity contribution in [1.29, 1.82) is 0 Å². The lowest BCUT2D eigenvalue weighted by molar-refractivity contribution is -0.123. The molecule has 0 fully saturated rings. The minimum absolute atomic E-state index is 0. The van der Waals surface area contributed by atoms with Gasteiger partial charge >= 0.3 is 0 Å². The number of carbonyl (C=O) groups is 1. The maximum absolute atomic E-state index is 11.4. The van der Waals surface area contributed by atoms with Crippen molar-refractivity contribution < 1.29 is 9.21 Å². The summed E-state index contributed by atoms with van der Waals surface area (Å²) in [6.45, 7) is 4.22. The largest absolute Gasteiger partial charge is 0.467 e. The topological polar surface area (TPSA) is 68.3 Å². The molecule has 1 amide bonds. The van der Waals surface area contributed by atoms with Crippen molar-refractivity contribution in [2.45, 2.75) is 26.4 Å². The number of rotatable bonds is 4. The Morgan fingerprint density at radius 1 is 1.60 bits per heavy atom. The van der Waals surface area contributed by atoms with Crippen LogP contribution in [-0.2, 0) is 11.3 Å². The van der Waals surface area contributed by atoms with Crippen LogP contribution in [0, 0.1) is 5.92 Å². The number of amides is 1. The average molecular weight is 233 g/mol. The highest BCUT2D eigenvalue weighted by Crippen LogP contribution is 2.01. The minimum Gasteiger partial charge on any atom is -0.467 e. The van der Waals surface area contributed by atoms with Gasteiger partial charge < -0.3 is 15.5 Å². The molecule has 1 heterocycles. The molecule has 1 aromatic heterocycles. The minimum atomic E-state index is -0.454. The molecule has 0 unspecified atom stereocenters. The fraction of sp³-hybridized carbons (Fsp3) is 0.500. The Labute approximate surface area is 95.6 Å². The van der Waals surface area contributed by atoms with Crippen molar-refractivity contribution in [1.82, 2.24) is 5.32 Å². The number of nitrogens with one attached hydrogen (secondary N) is 1. The molecule has 5 heteroatoms. The van der Waals surface area contributed by atoms with Crippen LogP contribution in [0.1, 0.15) is 19.6 Å². The summed E-state index contributed by atoms with van der Waals surface area (Å²) in [4.78, 5) is 11.4. The lowest BCUT2D eigenvalue weighted by atomic mass is 10.1. The van der Waals surface area contributed by atoms with Crippen LogP contribution in [0.3, 0.4) is 0 Å². The number of hydrogen-bond donors (Lipinski definition) is 2. The Bertz CT molecular complexity index is 286. The fourth-order valence-corrected chi connectivity index (χ4v) is 1.01. The van der Waals surface area contributed by atoms with Crippen LogP contribution in [0.2, 0.25) is 0 Å². The van der Waals surface area contributed by atoms with E-state index in [1.165, 1.54) is 0 Å². The molecular formula is C10H17ClN2O2. The summed E-state index contributed by atoms with van der Waals surface area (Å²) in [7, 11) is 0. The van der Waals surface area contributed by atoms with Crippen LogP contribution in [-0.4, -0.2) is 11.9 Å². The highest BCUT2D eigenvalue weighted by molar-refractivity contribution is 5.85. The predicted molar refractivity (Wildman–Crippen MR) is 60.6 cm³/mol. The Kier molecular flexibility index (Phi) is 6.05. The summed E-state index contributed by atoms with van der Waals surface area (Å²) >= 11 is 0. The SMILES string of the molecule is CC(C)[C@H](N)C(=O)NCc1ccco1.Cl. The van der Waals surface area contributed by atoms with E-state index in [4.69, 9.17) is 10.2 Å². The lowest BCUT2D eigenvalue weighted by Crippen LogP contribution is -2.43. The highest BCUT2D eigenvalue weighted by atomic mass is 35.5. The first kappa shape index (κ1) is 14.0. The van der Waals surface area contributed by atoms with Crippen LogP contribution < -0.4 is 11.1 Å². The van der Waals surface area contributed by atoms with Gasteiger partial charge in [-0.3, -0.25) is 4.79 Å². The van der Waals surface area contributed by atoms with Crippen molar-refractivity contribution >= 4 is 18.3 Å². The number of carbonyl (C=O) groups excluding carboxylic acids is 1. The van der Waals surface area contributed by atoms with Crippen LogP contribution in [0.5, 0.6) is 0 Å². The van der Waals surface area contributed by atoms with Gasteiger partial charge in [0.1, 0.15) is 5.76 Å². The smallest absolute Gasteiger partial charge is 0.237 e. The molecule has 0 saturated carbocycles. The van der Waals surface area contributed by atoms with Gasteiger partial charge in [0, 0.05) is 0 Å². The van der Waals surface area contributed by atoms with Gasteiger partial charge in [-0.2, -0.15) is 0 Å². The number of hydrogen-bond acceptors (Lipinski definition) is 3. The maximum Gasteiger partial charge on any atom is 0.237 e. The van der Waals surface area contributed by atoms with E-state index in [1.807, 2.05) is 13.8 Å². The zero-order chi connectivity index (χ0) is 10.6. The summed E-state index contributed by atoms with van der Waals surface area (Å²) < 4.78 is 5.07. The highest BCUT2D eigenvalue weighted by Gasteiger charge is 2.16. The molecule has 15 heavy (non-hydrogen) atoms. The van der Waals surface area contributed by atoms with Crippen molar-refractivity contribution in [3.05, 3.63) is 24.2 Å². The molecule has 0 aliphatic heterocycles. The second kappa shape index (κ2) is 6.48. The van der Waals surface area contributed by atoms with Crippen molar-refractivity contribution in [3.8, 4) is 0 Å². The van der Waals surface area contributed by atoms with Crippen LogP contribution in [0.25, 0.3) is 0 Å². The molecule has 1 rings (SSSR count). The third-order valence-electron chi connectivity index (χ3n) is 2.04. The van der Waals surface area contributed by atoms with Crippen molar-refractivity contribution in [3.63, 3.8) is 0 Å². The Morgan fingerprint density at radius 3 is 2.73 bits per heavy atom. The molecule has 0 saturated heterocycles. The second-order valence-electron chi connectivity index (χ2n) is 3.57. The molecule has 0 aliphatic rings. The zero-order valence-corrected chi connectivity index (χ0v) is 9.71. The van der Waals surface area contributed by atoms with Crippen LogP contribution in [0.15, 0.2) is 22.8 Å². The first-order valence-electron chi connectivity index (χ1n) is 4.67. The van der Waals surface area contributed by atoms with E-state index < -0.39 is 6.04 Å². The van der Waals surface area contributed by atoms with E-state index in [1.54, 1.807) is 18.4 Å². The van der Waals surface area contributed by atoms with Gasteiger partial charge in [0.25, 0.3) is 0 Å². The molecule has 86 valence electrons. The van der Waals surface area contributed by atoms with Gasteiger partial charge in [-0.15, -0.1) is 12.4 Å². The first-order chi connectivity index (χ1) is 6.61. The summed E-state index contributed by atoms with van der Waals surface area (Å²) in [6.07, 6.45) is 1.57. The van der Waals surface area contributed by atoms with Crippen molar-refractivity contribution in [2.24, 2.45) is 11.7 Å². The summed E-state index contributed by atoms with van der Waals surface area (Å²) in [5.74, 6) is 0.734. The molecule has 0 bridgehead atoms. The molecule has 1 atom stereocenters. The predicted octanol–water partition coefficient (Wildman–Crippen LogP) is 1.30. The third-order valence-corrected chi connectivity index (χ3v) is 2.04. The van der Waals surface area contributed by atoms with Gasteiger partial charge in [0.2, 0.25) is 5.91 Å². The maximum atomic E-state index is 11.4. The van der Waals surface area contributed by atoms with E-state index >= 15 is 0 Å². The van der Waals surface area contributed by atoms with E-state index in [0.717, 1.165) is 5.76 Å². The molecule has 0 radical (unpaired) electrons. The summed E-state index contributed by atoms with van der Waals surface area (Å²) in [6, 6.07) is 3.13. The lowest BCUT2D eigenvalue weighted by Gasteiger charge is -2.14. The van der Waals surface area contributed by atoms with Gasteiger partial charge in [-0.05, 0) is 18.1 Å². The van der Waals surface area contributed by atoms with E-state index in [2.05, 4.69) is 5.32 Å². The van der Waals surface area contributed by atoms with E-state index in [-0.39, 0.29) is 24.2 Å². The number of furan rings is 1. The Balaban J connectivity index is 0.00000196. The molecule has 0 spiro atoms. The molecular weight excluding hydrogens is 216 g/mol. The Hall–Kier alpha value is -1.00. The zero-order valence-electron chi connectivity index (χ0n) is 8.90. The quantitative estimate of drug-likeness (QED) is 0.822. The first-order valence-corrected chi connectivity index (χ1v) is 4.67. The van der Waals surface area contributed by atoms with Crippen LogP contribution in [0.4, 0.5) is 0 Å². The van der Waals surface area contributed by atoms with Crippen molar-refractivity contribution in [2.75, 3.05) is 0 Å². The molecule has 0 aromatic carbocycles. The molecule has 0 aliphatic carbocycles. The molecule has 1 aromatic rings. The standard InChI is InChI=1S/C10H16N2O2.ClH/c1-7(2)9(11)10(13)12-6-8-4-3-5-14-8;/h3-5,7,9H,6,11H2,1-2H3,(H,12,13);1H/t9-;/m0./s1. The summed E-state index contributed by atoms with van der Waals surface area (Å²) in [5, 5.41) is 2.71. The van der Waals surface area contributed by atoms with Gasteiger partial charge in [-0.1, -0.05) is 13.8 Å². The number of nitrogens with two attached hydrogens (primary N) is 1. The third kappa shape index (κ3) is 4.36. The summed E-state index contributed by atoms with van der Waals surface area (Å²) in [5.41, 5.74) is 5.66. The number of halogens is 1. The molecule has 3 N–H and O–H groups in total. The average Bonchev–Trinajstić information content (AvgIpc) is 2.65. The Morgan fingerprint density at radius 2 is 2.27 bits per heavy atom. The van der Waals surface area contributed by atoms with E-state index in [9.17, 15) is 4.79 Å². The second-order valence-corrected chi connectivity index (χ2v) is 3.57. The van der Waals surface area contributed by atoms with Gasteiger partial charge in [-0.25, -0.2) is 0 Å².